The molecule has 0 saturated heterocycles. The van der Waals surface area contributed by atoms with E-state index in [1.165, 1.54) is 17.7 Å². The van der Waals surface area contributed by atoms with Gasteiger partial charge in [0.05, 0.1) is 10.2 Å². The van der Waals surface area contributed by atoms with Gasteiger partial charge in [0, 0.05) is 10.4 Å². The minimum Gasteiger partial charge on any atom is -0.235 e. The van der Waals surface area contributed by atoms with Crippen LogP contribution in [0.3, 0.4) is 0 Å². The third kappa shape index (κ3) is 1.78. The molecule has 0 fully saturated rings. The largest absolute Gasteiger partial charge is 0.235 e. The lowest BCUT2D eigenvalue weighted by atomic mass is 10.1. The van der Waals surface area contributed by atoms with Crippen molar-refractivity contribution in [3.63, 3.8) is 0 Å². The highest BCUT2D eigenvalue weighted by molar-refractivity contribution is 7.22. The monoisotopic (exact) mass is 278 g/mol. The number of halogens is 2. The van der Waals surface area contributed by atoms with Crippen molar-refractivity contribution in [2.45, 2.75) is 6.92 Å². The van der Waals surface area contributed by atoms with E-state index >= 15 is 0 Å². The number of fused-ring (bicyclic) bond motifs is 1. The van der Waals surface area contributed by atoms with E-state index in [0.717, 1.165) is 15.1 Å². The SMILES string of the molecule is Cc1cccc(-c2cc3ncnc(Cl)c3s2)c1F. The van der Waals surface area contributed by atoms with Crippen LogP contribution in [0.25, 0.3) is 20.7 Å². The van der Waals surface area contributed by atoms with Gasteiger partial charge < -0.3 is 0 Å². The van der Waals surface area contributed by atoms with Crippen molar-refractivity contribution in [2.24, 2.45) is 0 Å². The Balaban J connectivity index is 2.26. The summed E-state index contributed by atoms with van der Waals surface area (Å²) in [5.74, 6) is -0.201. The van der Waals surface area contributed by atoms with E-state index in [0.29, 0.717) is 16.3 Å². The highest BCUT2D eigenvalue weighted by atomic mass is 35.5. The van der Waals surface area contributed by atoms with E-state index in [4.69, 9.17) is 11.6 Å². The maximum Gasteiger partial charge on any atom is 0.150 e. The zero-order chi connectivity index (χ0) is 12.7. The minimum atomic E-state index is -0.201. The lowest BCUT2D eigenvalue weighted by Crippen LogP contribution is -1.85. The van der Waals surface area contributed by atoms with Crippen molar-refractivity contribution in [3.8, 4) is 10.4 Å². The quantitative estimate of drug-likeness (QED) is 0.614. The molecule has 0 atom stereocenters. The van der Waals surface area contributed by atoms with Gasteiger partial charge in [0.2, 0.25) is 0 Å². The standard InChI is InChI=1S/C13H8ClFN2S/c1-7-3-2-4-8(11(7)15)10-5-9-12(18-10)13(14)17-6-16-9/h2-6H,1H3. The van der Waals surface area contributed by atoms with Crippen molar-refractivity contribution < 1.29 is 4.39 Å². The summed E-state index contributed by atoms with van der Waals surface area (Å²) in [5.41, 5.74) is 1.95. The zero-order valence-electron chi connectivity index (χ0n) is 9.45. The molecule has 0 aliphatic rings. The number of hydrogen-bond donors (Lipinski definition) is 0. The third-order valence-corrected chi connectivity index (χ3v) is 4.29. The van der Waals surface area contributed by atoms with E-state index < -0.39 is 0 Å². The number of aryl methyl sites for hydroxylation is 1. The van der Waals surface area contributed by atoms with Crippen LogP contribution >= 0.6 is 22.9 Å². The molecule has 0 aliphatic heterocycles. The lowest BCUT2D eigenvalue weighted by molar-refractivity contribution is 0.622. The molecule has 90 valence electrons. The second-order valence-electron chi connectivity index (χ2n) is 3.93. The zero-order valence-corrected chi connectivity index (χ0v) is 11.0. The summed E-state index contributed by atoms with van der Waals surface area (Å²) < 4.78 is 14.8. The second-order valence-corrected chi connectivity index (χ2v) is 5.34. The molecular weight excluding hydrogens is 271 g/mol. The molecule has 0 unspecified atom stereocenters. The van der Waals surface area contributed by atoms with Gasteiger partial charge in [-0.1, -0.05) is 29.8 Å². The third-order valence-electron chi connectivity index (χ3n) is 2.72. The molecule has 1 aromatic carbocycles. The predicted molar refractivity (Wildman–Crippen MR) is 72.6 cm³/mol. The first kappa shape index (κ1) is 11.6. The summed E-state index contributed by atoms with van der Waals surface area (Å²) >= 11 is 7.40. The molecule has 0 amide bonds. The summed E-state index contributed by atoms with van der Waals surface area (Å²) in [7, 11) is 0. The van der Waals surface area contributed by atoms with Gasteiger partial charge in [-0.3, -0.25) is 0 Å². The molecule has 18 heavy (non-hydrogen) atoms. The number of nitrogens with zero attached hydrogens (tertiary/aromatic N) is 2. The number of benzene rings is 1. The van der Waals surface area contributed by atoms with Crippen LogP contribution in [0.4, 0.5) is 4.39 Å². The predicted octanol–water partition coefficient (Wildman–Crippen LogP) is 4.46. The van der Waals surface area contributed by atoms with Gasteiger partial charge >= 0.3 is 0 Å². The van der Waals surface area contributed by atoms with E-state index in [2.05, 4.69) is 9.97 Å². The molecule has 3 rings (SSSR count). The summed E-state index contributed by atoms with van der Waals surface area (Å²) in [5, 5.41) is 0.407. The highest BCUT2D eigenvalue weighted by Gasteiger charge is 2.12. The Bertz CT molecular complexity index is 739. The van der Waals surface area contributed by atoms with Crippen molar-refractivity contribution >= 4 is 33.2 Å². The first-order chi connectivity index (χ1) is 8.66. The molecule has 0 N–H and O–H groups in total. The van der Waals surface area contributed by atoms with Gasteiger partial charge in [-0.2, -0.15) is 0 Å². The van der Waals surface area contributed by atoms with Crippen LogP contribution in [0, 0.1) is 12.7 Å². The fourth-order valence-electron chi connectivity index (χ4n) is 1.80. The van der Waals surface area contributed by atoms with Gasteiger partial charge in [-0.05, 0) is 18.6 Å². The maximum atomic E-state index is 14.1. The second kappa shape index (κ2) is 4.30. The Labute approximate surface area is 112 Å². The molecule has 0 saturated carbocycles. The Morgan fingerprint density at radius 2 is 2.11 bits per heavy atom. The van der Waals surface area contributed by atoms with Gasteiger partial charge in [0.1, 0.15) is 17.3 Å². The fourth-order valence-corrected chi connectivity index (χ4v) is 3.06. The van der Waals surface area contributed by atoms with Crippen LogP contribution in [0.15, 0.2) is 30.6 Å². The smallest absolute Gasteiger partial charge is 0.150 e. The van der Waals surface area contributed by atoms with Crippen LogP contribution in [-0.4, -0.2) is 9.97 Å². The molecule has 2 heterocycles. The summed E-state index contributed by atoms with van der Waals surface area (Å²) in [6, 6.07) is 7.18. The van der Waals surface area contributed by atoms with E-state index in [1.54, 1.807) is 19.1 Å². The molecule has 2 nitrogen and oxygen atoms in total. The van der Waals surface area contributed by atoms with Crippen molar-refractivity contribution in [1.82, 2.24) is 9.97 Å². The molecule has 3 aromatic rings. The minimum absolute atomic E-state index is 0.201. The van der Waals surface area contributed by atoms with Gasteiger partial charge in [-0.25, -0.2) is 14.4 Å². The van der Waals surface area contributed by atoms with Crippen LogP contribution in [0.5, 0.6) is 0 Å². The van der Waals surface area contributed by atoms with E-state index in [9.17, 15) is 4.39 Å². The molecule has 5 heteroatoms. The Kier molecular flexibility index (Phi) is 2.76. The molecule has 0 aliphatic carbocycles. The van der Waals surface area contributed by atoms with Gasteiger partial charge in [0.15, 0.2) is 0 Å². The molecule has 0 bridgehead atoms. The van der Waals surface area contributed by atoms with Gasteiger partial charge in [-0.15, -0.1) is 11.3 Å². The molecule has 0 spiro atoms. The number of aromatic nitrogens is 2. The van der Waals surface area contributed by atoms with Crippen molar-refractivity contribution in [3.05, 3.63) is 47.1 Å². The topological polar surface area (TPSA) is 25.8 Å². The van der Waals surface area contributed by atoms with Crippen LogP contribution in [0.1, 0.15) is 5.56 Å². The first-order valence-corrected chi connectivity index (χ1v) is 6.52. The fraction of sp³-hybridized carbons (Fsp3) is 0.0769. The van der Waals surface area contributed by atoms with Crippen molar-refractivity contribution in [2.75, 3.05) is 0 Å². The van der Waals surface area contributed by atoms with Crippen LogP contribution < -0.4 is 0 Å². The summed E-state index contributed by atoms with van der Waals surface area (Å²) in [6.07, 6.45) is 1.41. The number of hydrogen-bond acceptors (Lipinski definition) is 3. The Morgan fingerprint density at radius 1 is 1.28 bits per heavy atom. The summed E-state index contributed by atoms with van der Waals surface area (Å²) in [6.45, 7) is 1.75. The Morgan fingerprint density at radius 3 is 2.89 bits per heavy atom. The number of thiophene rings is 1. The summed E-state index contributed by atoms with van der Waals surface area (Å²) in [4.78, 5) is 8.87. The van der Waals surface area contributed by atoms with Gasteiger partial charge in [0.25, 0.3) is 0 Å². The first-order valence-electron chi connectivity index (χ1n) is 5.32. The van der Waals surface area contributed by atoms with Crippen molar-refractivity contribution in [1.29, 1.82) is 0 Å². The van der Waals surface area contributed by atoms with E-state index in [-0.39, 0.29) is 5.82 Å². The molecule has 0 radical (unpaired) electrons. The number of rotatable bonds is 1. The average Bonchev–Trinajstić information content (AvgIpc) is 2.78. The molecule has 2 aromatic heterocycles. The van der Waals surface area contributed by atoms with Crippen LogP contribution in [0.2, 0.25) is 5.15 Å². The van der Waals surface area contributed by atoms with Crippen LogP contribution in [-0.2, 0) is 0 Å². The van der Waals surface area contributed by atoms with E-state index in [1.807, 2.05) is 12.1 Å². The normalized spacial score (nSPS) is 11.1. The highest BCUT2D eigenvalue weighted by Crippen LogP contribution is 2.36. The lowest BCUT2D eigenvalue weighted by Gasteiger charge is -2.01. The Hall–Kier alpha value is -1.52. The maximum absolute atomic E-state index is 14.1. The molecular formula is C13H8ClFN2S. The average molecular weight is 279 g/mol.